The van der Waals surface area contributed by atoms with Crippen LogP contribution >= 0.6 is 0 Å². The Hall–Kier alpha value is -7.16. The predicted octanol–water partition coefficient (Wildman–Crippen LogP) is 14.4. The van der Waals surface area contributed by atoms with E-state index in [1.165, 1.54) is 60.4 Å². The molecular weight excluding hydrogens is 653 g/mol. The molecule has 1 heterocycles. The SMILES string of the molecule is c1ccc(-c2ccc(N(c3ccc(-c4ccccc4)cc3)c3ccc4c5ccccc5n(-c5ccccc5-c5ccc6ccccc6c5)c4c3)cc2)cc1. The van der Waals surface area contributed by atoms with Crippen LogP contribution in [0.1, 0.15) is 0 Å². The van der Waals surface area contributed by atoms with Gasteiger partial charge in [0.05, 0.1) is 16.7 Å². The number of hydrogen-bond acceptors (Lipinski definition) is 1. The molecule has 0 saturated heterocycles. The van der Waals surface area contributed by atoms with Gasteiger partial charge in [0.15, 0.2) is 0 Å². The summed E-state index contributed by atoms with van der Waals surface area (Å²) in [6.07, 6.45) is 0. The van der Waals surface area contributed by atoms with E-state index in [1.54, 1.807) is 0 Å². The Balaban J connectivity index is 1.16. The maximum absolute atomic E-state index is 2.45. The third-order valence-corrected chi connectivity index (χ3v) is 10.6. The minimum absolute atomic E-state index is 1.09. The molecule has 0 aliphatic heterocycles. The highest BCUT2D eigenvalue weighted by Crippen LogP contribution is 2.42. The Labute approximate surface area is 315 Å². The van der Waals surface area contributed by atoms with E-state index in [4.69, 9.17) is 0 Å². The van der Waals surface area contributed by atoms with Crippen LogP contribution in [0.2, 0.25) is 0 Å². The molecule has 254 valence electrons. The summed E-state index contributed by atoms with van der Waals surface area (Å²) < 4.78 is 2.45. The lowest BCUT2D eigenvalue weighted by molar-refractivity contribution is 1.18. The summed E-state index contributed by atoms with van der Waals surface area (Å²) >= 11 is 0. The Morgan fingerprint density at radius 1 is 0.296 bits per heavy atom. The molecule has 2 nitrogen and oxygen atoms in total. The van der Waals surface area contributed by atoms with Crippen molar-refractivity contribution >= 4 is 49.6 Å². The third kappa shape index (κ3) is 5.62. The molecule has 0 aliphatic rings. The summed E-state index contributed by atoms with van der Waals surface area (Å²) in [5.74, 6) is 0. The molecule has 0 spiro atoms. The van der Waals surface area contributed by atoms with Crippen LogP contribution in [0, 0.1) is 0 Å². The van der Waals surface area contributed by atoms with E-state index >= 15 is 0 Å². The number of rotatable bonds is 7. The highest BCUT2D eigenvalue weighted by molar-refractivity contribution is 6.11. The quantitative estimate of drug-likeness (QED) is 0.162. The molecule has 2 heteroatoms. The van der Waals surface area contributed by atoms with Gasteiger partial charge in [-0.15, -0.1) is 0 Å². The third-order valence-electron chi connectivity index (χ3n) is 10.6. The standard InChI is InChI=1S/C52H36N2/c1-3-13-37(14-4-1)40-25-29-44(30-26-40)53(45-31-27-41(28-32-45)38-15-5-2-6-16-38)46-33-34-49-48-20-10-12-22-51(48)54(52(49)36-46)50-21-11-9-19-47(50)43-24-23-39-17-7-8-18-42(39)35-43/h1-36H. The molecule has 0 saturated carbocycles. The summed E-state index contributed by atoms with van der Waals surface area (Å²) in [5, 5.41) is 4.94. The van der Waals surface area contributed by atoms with E-state index in [9.17, 15) is 0 Å². The molecular formula is C52H36N2. The van der Waals surface area contributed by atoms with Crippen LogP contribution in [0.15, 0.2) is 218 Å². The number of anilines is 3. The summed E-state index contributed by atoms with van der Waals surface area (Å²) in [6, 6.07) is 78.9. The minimum Gasteiger partial charge on any atom is -0.310 e. The largest absolute Gasteiger partial charge is 0.310 e. The Bertz CT molecular complexity index is 2820. The van der Waals surface area contributed by atoms with Gasteiger partial charge in [0.25, 0.3) is 0 Å². The van der Waals surface area contributed by atoms with Crippen LogP contribution in [0.25, 0.3) is 71.6 Å². The van der Waals surface area contributed by atoms with Crippen LogP contribution < -0.4 is 4.90 Å². The van der Waals surface area contributed by atoms with Crippen LogP contribution in [0.4, 0.5) is 17.1 Å². The lowest BCUT2D eigenvalue weighted by atomic mass is 9.99. The molecule has 0 aliphatic carbocycles. The monoisotopic (exact) mass is 688 g/mol. The van der Waals surface area contributed by atoms with Crippen molar-refractivity contribution in [3.8, 4) is 39.1 Å². The predicted molar refractivity (Wildman–Crippen MR) is 229 cm³/mol. The maximum atomic E-state index is 2.45. The number of para-hydroxylation sites is 2. The molecule has 10 aromatic rings. The van der Waals surface area contributed by atoms with Gasteiger partial charge >= 0.3 is 0 Å². The van der Waals surface area contributed by atoms with Crippen LogP contribution in [-0.4, -0.2) is 4.57 Å². The first-order valence-corrected chi connectivity index (χ1v) is 18.5. The molecule has 0 amide bonds. The minimum atomic E-state index is 1.09. The molecule has 0 unspecified atom stereocenters. The molecule has 9 aromatic carbocycles. The topological polar surface area (TPSA) is 8.17 Å². The summed E-state index contributed by atoms with van der Waals surface area (Å²) in [5.41, 5.74) is 14.0. The molecule has 0 radical (unpaired) electrons. The fraction of sp³-hybridized carbons (Fsp3) is 0. The van der Waals surface area contributed by atoms with Crippen molar-refractivity contribution in [2.45, 2.75) is 0 Å². The summed E-state index contributed by atoms with van der Waals surface area (Å²) in [4.78, 5) is 2.38. The van der Waals surface area contributed by atoms with Gasteiger partial charge in [-0.3, -0.25) is 0 Å². The molecule has 54 heavy (non-hydrogen) atoms. The maximum Gasteiger partial charge on any atom is 0.0562 e. The number of benzene rings is 9. The fourth-order valence-corrected chi connectivity index (χ4v) is 7.94. The second kappa shape index (κ2) is 13.4. The Morgan fingerprint density at radius 2 is 0.796 bits per heavy atom. The first kappa shape index (κ1) is 31.6. The van der Waals surface area contributed by atoms with Gasteiger partial charge in [-0.05, 0) is 93.2 Å². The molecule has 0 bridgehead atoms. The average molecular weight is 689 g/mol. The molecule has 0 N–H and O–H groups in total. The molecule has 10 rings (SSSR count). The van der Waals surface area contributed by atoms with Crippen LogP contribution in [-0.2, 0) is 0 Å². The van der Waals surface area contributed by atoms with Gasteiger partial charge in [-0.25, -0.2) is 0 Å². The number of aromatic nitrogens is 1. The number of nitrogens with zero attached hydrogens (tertiary/aromatic N) is 2. The van der Waals surface area contributed by atoms with E-state index in [-0.39, 0.29) is 0 Å². The van der Waals surface area contributed by atoms with Crippen molar-refractivity contribution in [3.63, 3.8) is 0 Å². The van der Waals surface area contributed by atoms with Crippen molar-refractivity contribution < 1.29 is 0 Å². The summed E-state index contributed by atoms with van der Waals surface area (Å²) in [7, 11) is 0. The lowest BCUT2D eigenvalue weighted by Gasteiger charge is -2.26. The van der Waals surface area contributed by atoms with E-state index in [0.717, 1.165) is 28.3 Å². The zero-order valence-electron chi connectivity index (χ0n) is 29.7. The van der Waals surface area contributed by atoms with E-state index in [2.05, 4.69) is 228 Å². The van der Waals surface area contributed by atoms with Gasteiger partial charge < -0.3 is 9.47 Å². The van der Waals surface area contributed by atoms with Gasteiger partial charge in [0.1, 0.15) is 0 Å². The Morgan fingerprint density at radius 3 is 1.48 bits per heavy atom. The number of hydrogen-bond donors (Lipinski definition) is 0. The van der Waals surface area contributed by atoms with E-state index in [1.807, 2.05) is 0 Å². The zero-order chi connectivity index (χ0) is 35.8. The normalized spacial score (nSPS) is 11.3. The highest BCUT2D eigenvalue weighted by atomic mass is 15.1. The fourth-order valence-electron chi connectivity index (χ4n) is 7.94. The number of fused-ring (bicyclic) bond motifs is 4. The van der Waals surface area contributed by atoms with Crippen molar-refractivity contribution in [2.75, 3.05) is 4.90 Å². The van der Waals surface area contributed by atoms with Gasteiger partial charge in [-0.1, -0.05) is 164 Å². The zero-order valence-corrected chi connectivity index (χ0v) is 29.7. The first-order valence-electron chi connectivity index (χ1n) is 18.5. The molecule has 0 fully saturated rings. The van der Waals surface area contributed by atoms with Crippen LogP contribution in [0.5, 0.6) is 0 Å². The summed E-state index contributed by atoms with van der Waals surface area (Å²) in [6.45, 7) is 0. The lowest BCUT2D eigenvalue weighted by Crippen LogP contribution is -2.10. The average Bonchev–Trinajstić information content (AvgIpc) is 3.58. The molecule has 0 atom stereocenters. The second-order valence-electron chi connectivity index (χ2n) is 13.8. The smallest absolute Gasteiger partial charge is 0.0562 e. The van der Waals surface area contributed by atoms with Crippen molar-refractivity contribution in [1.82, 2.24) is 4.57 Å². The van der Waals surface area contributed by atoms with Crippen LogP contribution in [0.3, 0.4) is 0 Å². The highest BCUT2D eigenvalue weighted by Gasteiger charge is 2.19. The van der Waals surface area contributed by atoms with E-state index < -0.39 is 0 Å². The first-order chi connectivity index (χ1) is 26.8. The van der Waals surface area contributed by atoms with E-state index in [0.29, 0.717) is 0 Å². The van der Waals surface area contributed by atoms with Gasteiger partial charge in [0.2, 0.25) is 0 Å². The van der Waals surface area contributed by atoms with Crippen molar-refractivity contribution in [3.05, 3.63) is 218 Å². The van der Waals surface area contributed by atoms with Gasteiger partial charge in [0, 0.05) is 33.4 Å². The second-order valence-corrected chi connectivity index (χ2v) is 13.8. The van der Waals surface area contributed by atoms with Gasteiger partial charge in [-0.2, -0.15) is 0 Å². The van der Waals surface area contributed by atoms with Crippen molar-refractivity contribution in [1.29, 1.82) is 0 Å². The van der Waals surface area contributed by atoms with Crippen molar-refractivity contribution in [2.24, 2.45) is 0 Å². The molecule has 1 aromatic heterocycles. The Kier molecular flexibility index (Phi) is 7.85.